The van der Waals surface area contributed by atoms with Gasteiger partial charge < -0.3 is 5.32 Å². The average molecular weight is 427 g/mol. The van der Waals surface area contributed by atoms with Gasteiger partial charge in [-0.2, -0.15) is 0 Å². The zero-order valence-electron chi connectivity index (χ0n) is 17.5. The minimum Gasteiger partial charge on any atom is -0.349 e. The van der Waals surface area contributed by atoms with Crippen molar-refractivity contribution in [2.75, 3.05) is 0 Å². The van der Waals surface area contributed by atoms with Gasteiger partial charge in [0.05, 0.1) is 0 Å². The second-order valence-electron chi connectivity index (χ2n) is 9.28. The number of hydrogen-bond acceptors (Lipinski definition) is 3. The molecular formula is C24H27ClN2O3. The van der Waals surface area contributed by atoms with Crippen LogP contribution in [-0.2, 0) is 6.42 Å². The highest BCUT2D eigenvalue weighted by atomic mass is 35.5. The number of rotatable bonds is 3. The predicted molar refractivity (Wildman–Crippen MR) is 118 cm³/mol. The van der Waals surface area contributed by atoms with E-state index in [1.807, 2.05) is 13.8 Å². The van der Waals surface area contributed by atoms with E-state index in [1.165, 1.54) is 17.1 Å². The van der Waals surface area contributed by atoms with Gasteiger partial charge in [0.25, 0.3) is 11.5 Å². The first-order valence-corrected chi connectivity index (χ1v) is 11.0. The Morgan fingerprint density at radius 3 is 2.40 bits per heavy atom. The molecule has 0 atom stereocenters. The van der Waals surface area contributed by atoms with Crippen LogP contribution in [0.1, 0.15) is 78.8 Å². The smallest absolute Gasteiger partial charge is 0.268 e. The van der Waals surface area contributed by atoms with Crippen molar-refractivity contribution in [1.29, 1.82) is 0 Å². The van der Waals surface area contributed by atoms with Gasteiger partial charge in [-0.15, -0.1) is 0 Å². The van der Waals surface area contributed by atoms with Gasteiger partial charge in [-0.05, 0) is 55.0 Å². The van der Waals surface area contributed by atoms with E-state index in [2.05, 4.69) is 5.32 Å². The second-order valence-corrected chi connectivity index (χ2v) is 9.72. The zero-order chi connectivity index (χ0) is 21.5. The fourth-order valence-electron chi connectivity index (χ4n) is 4.65. The average Bonchev–Trinajstić information content (AvgIpc) is 2.68. The van der Waals surface area contributed by atoms with E-state index in [4.69, 9.17) is 11.6 Å². The summed E-state index contributed by atoms with van der Waals surface area (Å²) >= 11 is 6.04. The molecule has 0 bridgehead atoms. The number of hydrogen-bond donors (Lipinski definition) is 1. The largest absolute Gasteiger partial charge is 0.349 e. The van der Waals surface area contributed by atoms with Crippen LogP contribution in [0.25, 0.3) is 5.69 Å². The van der Waals surface area contributed by atoms with Crippen LogP contribution in [0.15, 0.2) is 35.1 Å². The molecule has 1 aromatic carbocycles. The first kappa shape index (κ1) is 20.9. The highest BCUT2D eigenvalue weighted by Crippen LogP contribution is 2.35. The Balaban J connectivity index is 1.84. The quantitative estimate of drug-likeness (QED) is 0.772. The molecule has 5 nitrogen and oxygen atoms in total. The van der Waals surface area contributed by atoms with Crippen molar-refractivity contribution in [3.8, 4) is 5.69 Å². The molecule has 0 saturated heterocycles. The molecule has 1 amide bonds. The van der Waals surface area contributed by atoms with Crippen molar-refractivity contribution in [2.45, 2.75) is 64.8 Å². The van der Waals surface area contributed by atoms with Gasteiger partial charge >= 0.3 is 0 Å². The molecule has 1 aromatic heterocycles. The lowest BCUT2D eigenvalue weighted by Gasteiger charge is -2.32. The van der Waals surface area contributed by atoms with E-state index in [-0.39, 0.29) is 22.8 Å². The van der Waals surface area contributed by atoms with Gasteiger partial charge in [-0.3, -0.25) is 19.0 Å². The molecule has 158 valence electrons. The Labute approximate surface area is 181 Å². The van der Waals surface area contributed by atoms with Crippen LogP contribution in [-0.4, -0.2) is 22.3 Å². The molecule has 1 N–H and O–H groups in total. The number of Topliss-reactive ketones (excluding diaryl/α,β-unsaturated/α-hetero) is 1. The lowest BCUT2D eigenvalue weighted by atomic mass is 9.75. The Kier molecular flexibility index (Phi) is 5.58. The number of aromatic nitrogens is 1. The predicted octanol–water partition coefficient (Wildman–Crippen LogP) is 4.71. The van der Waals surface area contributed by atoms with Crippen LogP contribution < -0.4 is 10.9 Å². The van der Waals surface area contributed by atoms with Crippen LogP contribution in [0.2, 0.25) is 5.02 Å². The Morgan fingerprint density at radius 1 is 1.07 bits per heavy atom. The van der Waals surface area contributed by atoms with E-state index in [0.29, 0.717) is 34.8 Å². The fourth-order valence-corrected chi connectivity index (χ4v) is 4.78. The van der Waals surface area contributed by atoms with Crippen molar-refractivity contribution in [2.24, 2.45) is 5.41 Å². The number of ketones is 1. The highest BCUT2D eigenvalue weighted by Gasteiger charge is 2.35. The third-order valence-electron chi connectivity index (χ3n) is 6.16. The zero-order valence-corrected chi connectivity index (χ0v) is 18.2. The van der Waals surface area contributed by atoms with Gasteiger partial charge in [0, 0.05) is 34.4 Å². The molecule has 1 heterocycles. The first-order valence-electron chi connectivity index (χ1n) is 10.6. The molecule has 1 saturated carbocycles. The molecular weight excluding hydrogens is 400 g/mol. The van der Waals surface area contributed by atoms with Crippen LogP contribution in [0.4, 0.5) is 0 Å². The molecule has 4 rings (SSSR count). The standard InChI is InChI=1S/C24H27ClN2O3/c1-24(2)13-20-18(21(28)14-24)12-19(22(29)26-16-6-4-3-5-7-16)23(30)27(20)17-10-8-15(25)9-11-17/h8-12,16H,3-7,13-14H2,1-2H3,(H,26,29). The molecule has 0 aliphatic heterocycles. The number of nitrogens with one attached hydrogen (secondary N) is 1. The Morgan fingerprint density at radius 2 is 1.73 bits per heavy atom. The summed E-state index contributed by atoms with van der Waals surface area (Å²) in [5.74, 6) is -0.425. The van der Waals surface area contributed by atoms with Crippen LogP contribution in [0, 0.1) is 5.41 Å². The third kappa shape index (κ3) is 4.08. The van der Waals surface area contributed by atoms with Gasteiger partial charge in [0.15, 0.2) is 5.78 Å². The normalized spacial score (nSPS) is 18.7. The molecule has 2 aliphatic carbocycles. The molecule has 0 unspecified atom stereocenters. The van der Waals surface area contributed by atoms with Crippen molar-refractivity contribution >= 4 is 23.3 Å². The minimum absolute atomic E-state index is 0.0299. The van der Waals surface area contributed by atoms with E-state index in [0.717, 1.165) is 25.7 Å². The van der Waals surface area contributed by atoms with Crippen molar-refractivity contribution in [3.05, 3.63) is 62.5 Å². The summed E-state index contributed by atoms with van der Waals surface area (Å²) in [7, 11) is 0. The van der Waals surface area contributed by atoms with Crippen molar-refractivity contribution in [1.82, 2.24) is 9.88 Å². The van der Waals surface area contributed by atoms with E-state index >= 15 is 0 Å². The van der Waals surface area contributed by atoms with Gasteiger partial charge in [0.1, 0.15) is 5.56 Å². The molecule has 1 fully saturated rings. The van der Waals surface area contributed by atoms with E-state index in [1.54, 1.807) is 24.3 Å². The number of pyridine rings is 1. The Bertz CT molecular complexity index is 1050. The first-order chi connectivity index (χ1) is 14.2. The van der Waals surface area contributed by atoms with E-state index < -0.39 is 11.5 Å². The number of fused-ring (bicyclic) bond motifs is 1. The minimum atomic E-state index is -0.394. The maximum atomic E-state index is 13.5. The monoisotopic (exact) mass is 426 g/mol. The molecule has 30 heavy (non-hydrogen) atoms. The topological polar surface area (TPSA) is 68.2 Å². The maximum Gasteiger partial charge on any atom is 0.268 e. The van der Waals surface area contributed by atoms with Crippen LogP contribution in [0.5, 0.6) is 0 Å². The van der Waals surface area contributed by atoms with Gasteiger partial charge in [-0.1, -0.05) is 44.7 Å². The summed E-state index contributed by atoms with van der Waals surface area (Å²) in [4.78, 5) is 39.5. The molecule has 6 heteroatoms. The fraction of sp³-hybridized carbons (Fsp3) is 0.458. The number of carbonyl (C=O) groups is 2. The highest BCUT2D eigenvalue weighted by molar-refractivity contribution is 6.30. The summed E-state index contributed by atoms with van der Waals surface area (Å²) in [6.07, 6.45) is 6.16. The molecule has 0 spiro atoms. The van der Waals surface area contributed by atoms with Crippen molar-refractivity contribution < 1.29 is 9.59 Å². The summed E-state index contributed by atoms with van der Waals surface area (Å²) < 4.78 is 1.53. The number of halogens is 1. The second kappa shape index (κ2) is 8.03. The molecule has 2 aromatic rings. The SMILES string of the molecule is CC1(C)CC(=O)c2cc(C(=O)NC3CCCCC3)c(=O)n(-c3ccc(Cl)cc3)c2C1. The number of amides is 1. The number of carbonyl (C=O) groups excluding carboxylic acids is 2. The van der Waals surface area contributed by atoms with Crippen LogP contribution >= 0.6 is 11.6 Å². The maximum absolute atomic E-state index is 13.5. The van der Waals surface area contributed by atoms with Crippen molar-refractivity contribution in [3.63, 3.8) is 0 Å². The number of benzene rings is 1. The third-order valence-corrected chi connectivity index (χ3v) is 6.41. The molecule has 0 radical (unpaired) electrons. The summed E-state index contributed by atoms with van der Waals surface area (Å²) in [6.45, 7) is 4.04. The van der Waals surface area contributed by atoms with Crippen LogP contribution in [0.3, 0.4) is 0 Å². The summed E-state index contributed by atoms with van der Waals surface area (Å²) in [5, 5.41) is 3.58. The summed E-state index contributed by atoms with van der Waals surface area (Å²) in [6, 6.07) is 8.51. The molecule has 2 aliphatic rings. The lowest BCUT2D eigenvalue weighted by Crippen LogP contribution is -2.42. The van der Waals surface area contributed by atoms with E-state index in [9.17, 15) is 14.4 Å². The van der Waals surface area contributed by atoms with Gasteiger partial charge in [-0.25, -0.2) is 0 Å². The number of nitrogens with zero attached hydrogens (tertiary/aromatic N) is 1. The Hall–Kier alpha value is -2.40. The summed E-state index contributed by atoms with van der Waals surface area (Å²) in [5.41, 5.74) is 1.13. The lowest BCUT2D eigenvalue weighted by molar-refractivity contribution is 0.0908. The van der Waals surface area contributed by atoms with Gasteiger partial charge in [0.2, 0.25) is 0 Å².